The Morgan fingerprint density at radius 3 is 2.29 bits per heavy atom. The predicted octanol–water partition coefficient (Wildman–Crippen LogP) is 3.18. The quantitative estimate of drug-likeness (QED) is 0.933. The molecule has 4 aliphatic rings. The molecule has 5 rings (SSSR count). The Morgan fingerprint density at radius 2 is 1.81 bits per heavy atom. The van der Waals surface area contributed by atoms with Crippen molar-refractivity contribution in [3.63, 3.8) is 0 Å². The predicted molar refractivity (Wildman–Crippen MR) is 82.2 cm³/mol. The zero-order chi connectivity index (χ0) is 14.6. The lowest BCUT2D eigenvalue weighted by Gasteiger charge is -2.59. The van der Waals surface area contributed by atoms with Crippen molar-refractivity contribution in [2.24, 2.45) is 23.2 Å². The van der Waals surface area contributed by atoms with Crippen molar-refractivity contribution in [3.05, 3.63) is 10.6 Å². The Morgan fingerprint density at radius 1 is 1.24 bits per heavy atom. The number of aryl methyl sites for hydroxylation is 1. The Balaban J connectivity index is 1.51. The topological polar surface area (TPSA) is 54.9 Å². The summed E-state index contributed by atoms with van der Waals surface area (Å²) in [5.74, 6) is 2.78. The number of aromatic nitrogens is 2. The average molecular weight is 305 g/mol. The van der Waals surface area contributed by atoms with E-state index in [0.29, 0.717) is 10.3 Å². The number of hydrogen-bond donors (Lipinski definition) is 1. The van der Waals surface area contributed by atoms with Gasteiger partial charge in [-0.15, -0.1) is 5.10 Å². The minimum absolute atomic E-state index is 0.0192. The van der Waals surface area contributed by atoms with E-state index >= 15 is 0 Å². The number of rotatable bonds is 3. The molecule has 0 aliphatic heterocycles. The fourth-order valence-electron chi connectivity index (χ4n) is 5.56. The van der Waals surface area contributed by atoms with Crippen LogP contribution in [0.25, 0.3) is 0 Å². The van der Waals surface area contributed by atoms with Crippen LogP contribution < -0.4 is 5.32 Å². The number of carbonyl (C=O) groups is 1. The first-order valence-corrected chi connectivity index (χ1v) is 8.93. The van der Waals surface area contributed by atoms with Crippen LogP contribution in [0.15, 0.2) is 0 Å². The molecule has 4 nitrogen and oxygen atoms in total. The van der Waals surface area contributed by atoms with E-state index in [4.69, 9.17) is 0 Å². The van der Waals surface area contributed by atoms with Gasteiger partial charge in [-0.1, -0.05) is 4.49 Å². The first-order chi connectivity index (χ1) is 10.1. The maximum atomic E-state index is 12.4. The van der Waals surface area contributed by atoms with E-state index in [1.807, 2.05) is 6.92 Å². The fourth-order valence-corrected chi connectivity index (χ4v) is 6.12. The van der Waals surface area contributed by atoms with Gasteiger partial charge in [-0.05, 0) is 87.1 Å². The molecule has 0 saturated heterocycles. The molecule has 0 aromatic carbocycles. The van der Waals surface area contributed by atoms with Gasteiger partial charge in [-0.25, -0.2) is 0 Å². The number of amides is 1. The zero-order valence-electron chi connectivity index (χ0n) is 12.8. The van der Waals surface area contributed by atoms with Crippen LogP contribution in [-0.2, 0) is 0 Å². The van der Waals surface area contributed by atoms with Gasteiger partial charge in [0.05, 0.1) is 5.69 Å². The third-order valence-electron chi connectivity index (χ3n) is 6.21. The van der Waals surface area contributed by atoms with Crippen LogP contribution in [0.5, 0.6) is 0 Å². The molecule has 4 bridgehead atoms. The molecule has 1 aromatic heterocycles. The van der Waals surface area contributed by atoms with Crippen LogP contribution in [0.1, 0.15) is 60.8 Å². The number of hydrogen-bond acceptors (Lipinski definition) is 4. The summed E-state index contributed by atoms with van der Waals surface area (Å²) in [5.41, 5.74) is 1.10. The minimum Gasteiger partial charge on any atom is -0.348 e. The standard InChI is InChI=1S/C16H23N3OS/c1-9-14(21-19-18-9)15(20)17-10(2)16-6-11-3-12(7-16)5-13(4-11)8-16/h10-13H,3-8H2,1-2H3,(H,17,20)/t10-,11?,12?,13?,16?/m1/s1. The highest BCUT2D eigenvalue weighted by atomic mass is 32.1. The summed E-state index contributed by atoms with van der Waals surface area (Å²) in [6.45, 7) is 4.07. The molecule has 1 N–H and O–H groups in total. The highest BCUT2D eigenvalue weighted by Crippen LogP contribution is 2.61. The van der Waals surface area contributed by atoms with E-state index in [-0.39, 0.29) is 11.9 Å². The van der Waals surface area contributed by atoms with Crippen LogP contribution in [0.3, 0.4) is 0 Å². The maximum Gasteiger partial charge on any atom is 0.265 e. The third-order valence-corrected chi connectivity index (χ3v) is 7.04. The van der Waals surface area contributed by atoms with E-state index in [1.54, 1.807) is 0 Å². The first kappa shape index (κ1) is 13.7. The lowest BCUT2D eigenvalue weighted by atomic mass is 9.48. The summed E-state index contributed by atoms with van der Waals surface area (Å²) < 4.78 is 3.87. The van der Waals surface area contributed by atoms with Crippen molar-refractivity contribution in [1.29, 1.82) is 0 Å². The number of nitrogens with zero attached hydrogens (tertiary/aromatic N) is 2. The van der Waals surface area contributed by atoms with Gasteiger partial charge in [0.1, 0.15) is 4.88 Å². The normalized spacial score (nSPS) is 38.5. The Kier molecular flexibility index (Phi) is 3.10. The van der Waals surface area contributed by atoms with Gasteiger partial charge in [0.2, 0.25) is 0 Å². The third kappa shape index (κ3) is 2.20. The van der Waals surface area contributed by atoms with E-state index in [9.17, 15) is 4.79 Å². The second kappa shape index (κ2) is 4.77. The lowest BCUT2D eigenvalue weighted by molar-refractivity contribution is -0.0687. The van der Waals surface area contributed by atoms with Gasteiger partial charge in [0.15, 0.2) is 0 Å². The SMILES string of the molecule is Cc1nnsc1C(=O)N[C@H](C)C12CC3CC(CC(C3)C1)C2. The van der Waals surface area contributed by atoms with E-state index in [1.165, 1.54) is 50.1 Å². The highest BCUT2D eigenvalue weighted by Gasteiger charge is 2.53. The van der Waals surface area contributed by atoms with E-state index < -0.39 is 0 Å². The van der Waals surface area contributed by atoms with Crippen LogP contribution in [-0.4, -0.2) is 21.5 Å². The smallest absolute Gasteiger partial charge is 0.265 e. The molecule has 0 radical (unpaired) electrons. The maximum absolute atomic E-state index is 12.4. The molecule has 4 aliphatic carbocycles. The summed E-state index contributed by atoms with van der Waals surface area (Å²) in [6, 6.07) is 0.264. The van der Waals surface area contributed by atoms with Gasteiger partial charge < -0.3 is 5.32 Å². The molecule has 1 heterocycles. The Hall–Kier alpha value is -0.970. The molecule has 1 amide bonds. The lowest BCUT2D eigenvalue weighted by Crippen LogP contribution is -2.55. The largest absolute Gasteiger partial charge is 0.348 e. The van der Waals surface area contributed by atoms with Crippen molar-refractivity contribution in [2.75, 3.05) is 0 Å². The molecule has 5 heteroatoms. The molecular weight excluding hydrogens is 282 g/mol. The monoisotopic (exact) mass is 305 g/mol. The van der Waals surface area contributed by atoms with Gasteiger partial charge in [0, 0.05) is 6.04 Å². The summed E-state index contributed by atoms with van der Waals surface area (Å²) >= 11 is 1.20. The molecule has 0 unspecified atom stereocenters. The molecule has 4 saturated carbocycles. The van der Waals surface area contributed by atoms with Crippen molar-refractivity contribution in [1.82, 2.24) is 14.9 Å². The van der Waals surface area contributed by atoms with E-state index in [2.05, 4.69) is 21.8 Å². The average Bonchev–Trinajstić information content (AvgIpc) is 2.83. The summed E-state index contributed by atoms with van der Waals surface area (Å²) in [4.78, 5) is 13.1. The van der Waals surface area contributed by atoms with Gasteiger partial charge in [-0.2, -0.15) is 0 Å². The van der Waals surface area contributed by atoms with Crippen molar-refractivity contribution >= 4 is 17.4 Å². The molecule has 1 atom stereocenters. The van der Waals surface area contributed by atoms with Crippen molar-refractivity contribution in [3.8, 4) is 0 Å². The van der Waals surface area contributed by atoms with Gasteiger partial charge in [0.25, 0.3) is 5.91 Å². The van der Waals surface area contributed by atoms with Crippen molar-refractivity contribution < 1.29 is 4.79 Å². The summed E-state index contributed by atoms with van der Waals surface area (Å²) in [5, 5.41) is 7.22. The van der Waals surface area contributed by atoms with Crippen LogP contribution in [0, 0.1) is 30.1 Å². The molecule has 21 heavy (non-hydrogen) atoms. The second-order valence-corrected chi connectivity index (χ2v) is 8.42. The molecule has 0 spiro atoms. The number of carbonyl (C=O) groups excluding carboxylic acids is 1. The first-order valence-electron chi connectivity index (χ1n) is 8.15. The fraction of sp³-hybridized carbons (Fsp3) is 0.812. The second-order valence-electron chi connectivity index (χ2n) is 7.66. The number of nitrogens with one attached hydrogen (secondary N) is 1. The molecule has 4 fully saturated rings. The van der Waals surface area contributed by atoms with Gasteiger partial charge >= 0.3 is 0 Å². The van der Waals surface area contributed by atoms with E-state index in [0.717, 1.165) is 23.4 Å². The van der Waals surface area contributed by atoms with Crippen molar-refractivity contribution in [2.45, 2.75) is 58.4 Å². The summed E-state index contributed by atoms with van der Waals surface area (Å²) in [7, 11) is 0. The minimum atomic E-state index is 0.0192. The van der Waals surface area contributed by atoms with Crippen LogP contribution in [0.4, 0.5) is 0 Å². The van der Waals surface area contributed by atoms with Crippen LogP contribution in [0.2, 0.25) is 0 Å². The van der Waals surface area contributed by atoms with Gasteiger partial charge in [-0.3, -0.25) is 4.79 Å². The Labute approximate surface area is 129 Å². The highest BCUT2D eigenvalue weighted by molar-refractivity contribution is 7.08. The van der Waals surface area contributed by atoms with Crippen LogP contribution >= 0.6 is 11.5 Å². The summed E-state index contributed by atoms with van der Waals surface area (Å²) in [6.07, 6.45) is 8.29. The molecule has 1 aromatic rings. The Bertz CT molecular complexity index is 532. The molecular formula is C16H23N3OS. The molecule has 114 valence electrons. The zero-order valence-corrected chi connectivity index (χ0v) is 13.6.